The zero-order valence-electron chi connectivity index (χ0n) is 17.5. The summed E-state index contributed by atoms with van der Waals surface area (Å²) in [6.45, 7) is 4.76. The van der Waals surface area contributed by atoms with Gasteiger partial charge in [-0.2, -0.15) is 10.2 Å². The van der Waals surface area contributed by atoms with Crippen LogP contribution in [-0.2, 0) is 7.05 Å². The van der Waals surface area contributed by atoms with Crippen LogP contribution in [0.25, 0.3) is 33.2 Å². The molecular weight excluding hydrogens is 392 g/mol. The minimum absolute atomic E-state index is 0.330. The molecule has 0 bridgehead atoms. The van der Waals surface area contributed by atoms with Crippen LogP contribution in [0.15, 0.2) is 49.1 Å². The number of hydrogen-bond donors (Lipinski definition) is 2. The van der Waals surface area contributed by atoms with Gasteiger partial charge in [0.05, 0.1) is 17.2 Å². The Bertz CT molecular complexity index is 1370. The molecule has 0 aliphatic rings. The highest BCUT2D eigenvalue weighted by Crippen LogP contribution is 2.32. The Balaban J connectivity index is 1.51. The van der Waals surface area contributed by atoms with E-state index in [1.54, 1.807) is 23.3 Å². The number of benzene rings is 1. The van der Waals surface area contributed by atoms with Crippen molar-refractivity contribution in [1.29, 1.82) is 0 Å². The number of nitrogens with one attached hydrogen (secondary N) is 2. The molecule has 4 aromatic heterocycles. The fourth-order valence-corrected chi connectivity index (χ4v) is 3.64. The Morgan fingerprint density at radius 3 is 2.87 bits per heavy atom. The van der Waals surface area contributed by atoms with Crippen molar-refractivity contribution in [2.24, 2.45) is 7.05 Å². The maximum Gasteiger partial charge on any atom is 0.140 e. The first-order valence-corrected chi connectivity index (χ1v) is 10.1. The molecule has 0 aliphatic carbocycles. The molecular formula is C22H22N8O. The number of anilines is 1. The van der Waals surface area contributed by atoms with Gasteiger partial charge in [-0.15, -0.1) is 0 Å². The van der Waals surface area contributed by atoms with Crippen molar-refractivity contribution < 1.29 is 4.74 Å². The zero-order chi connectivity index (χ0) is 21.4. The van der Waals surface area contributed by atoms with E-state index in [0.29, 0.717) is 0 Å². The van der Waals surface area contributed by atoms with Crippen LogP contribution in [0.5, 0.6) is 5.75 Å². The summed E-state index contributed by atoms with van der Waals surface area (Å²) in [5.74, 6) is 1.48. The fraction of sp³-hybridized carbons (Fsp3) is 0.227. The molecule has 0 unspecified atom stereocenters. The summed E-state index contributed by atoms with van der Waals surface area (Å²) in [5, 5.41) is 16.0. The highest BCUT2D eigenvalue weighted by molar-refractivity contribution is 5.93. The molecule has 31 heavy (non-hydrogen) atoms. The Hall–Kier alpha value is -4.01. The fourth-order valence-electron chi connectivity index (χ4n) is 3.64. The minimum Gasteiger partial charge on any atom is -0.484 e. The second-order valence-electron chi connectivity index (χ2n) is 7.29. The molecule has 0 radical (unpaired) electrons. The molecule has 0 spiro atoms. The third-order valence-electron chi connectivity index (χ3n) is 5.05. The van der Waals surface area contributed by atoms with E-state index in [1.807, 2.05) is 51.4 Å². The monoisotopic (exact) mass is 414 g/mol. The van der Waals surface area contributed by atoms with Gasteiger partial charge in [-0.3, -0.25) is 19.7 Å². The molecule has 5 aromatic rings. The molecule has 156 valence electrons. The van der Waals surface area contributed by atoms with E-state index >= 15 is 0 Å². The lowest BCUT2D eigenvalue weighted by molar-refractivity contribution is 0.224. The van der Waals surface area contributed by atoms with Crippen molar-refractivity contribution in [2.45, 2.75) is 20.0 Å². The summed E-state index contributed by atoms with van der Waals surface area (Å²) in [6, 6.07) is 7.77. The average Bonchev–Trinajstić information content (AvgIpc) is 3.39. The number of H-pyrrole nitrogens is 1. The third kappa shape index (κ3) is 3.54. The van der Waals surface area contributed by atoms with Crippen LogP contribution in [0.1, 0.15) is 25.6 Å². The lowest BCUT2D eigenvalue weighted by atomic mass is 10.1. The zero-order valence-corrected chi connectivity index (χ0v) is 17.5. The van der Waals surface area contributed by atoms with Gasteiger partial charge in [0.1, 0.15) is 34.6 Å². The molecule has 1 aromatic carbocycles. The molecule has 9 nitrogen and oxygen atoms in total. The van der Waals surface area contributed by atoms with E-state index in [0.717, 1.165) is 57.0 Å². The second-order valence-corrected chi connectivity index (χ2v) is 7.29. The molecule has 9 heteroatoms. The molecule has 0 amide bonds. The first kappa shape index (κ1) is 19.0. The molecule has 0 aliphatic heterocycles. The Morgan fingerprint density at radius 2 is 2.06 bits per heavy atom. The summed E-state index contributed by atoms with van der Waals surface area (Å²) >= 11 is 0. The highest BCUT2D eigenvalue weighted by atomic mass is 16.5. The number of nitrogens with zero attached hydrogens (tertiary/aromatic N) is 6. The van der Waals surface area contributed by atoms with Crippen LogP contribution in [-0.4, -0.2) is 41.5 Å². The van der Waals surface area contributed by atoms with Crippen LogP contribution in [0, 0.1) is 0 Å². The lowest BCUT2D eigenvalue weighted by Crippen LogP contribution is -2.10. The number of aromatic amines is 1. The van der Waals surface area contributed by atoms with Crippen LogP contribution < -0.4 is 10.1 Å². The second kappa shape index (κ2) is 7.67. The van der Waals surface area contributed by atoms with E-state index in [-0.39, 0.29) is 6.10 Å². The van der Waals surface area contributed by atoms with Gasteiger partial charge >= 0.3 is 0 Å². The number of fused-ring (bicyclic) bond motifs is 2. The Labute approximate surface area is 178 Å². The highest BCUT2D eigenvalue weighted by Gasteiger charge is 2.18. The van der Waals surface area contributed by atoms with Crippen LogP contribution in [0.3, 0.4) is 0 Å². The van der Waals surface area contributed by atoms with E-state index in [9.17, 15) is 0 Å². The van der Waals surface area contributed by atoms with E-state index in [1.165, 1.54) is 0 Å². The van der Waals surface area contributed by atoms with Crippen molar-refractivity contribution in [2.75, 3.05) is 11.9 Å². The molecule has 5 rings (SSSR count). The lowest BCUT2D eigenvalue weighted by Gasteiger charge is -2.17. The van der Waals surface area contributed by atoms with Gasteiger partial charge in [0, 0.05) is 49.2 Å². The van der Waals surface area contributed by atoms with Gasteiger partial charge in [-0.1, -0.05) is 0 Å². The SMILES string of the molecule is CCNc1cc2nccnc2c([C@@H](C)Oc2ccc3[nH]nc(-c4cnn(C)c4)c3c2)n1. The molecule has 0 saturated carbocycles. The summed E-state index contributed by atoms with van der Waals surface area (Å²) in [4.78, 5) is 13.7. The minimum atomic E-state index is -0.330. The van der Waals surface area contributed by atoms with Gasteiger partial charge in [-0.05, 0) is 32.0 Å². The van der Waals surface area contributed by atoms with Gasteiger partial charge in [0.15, 0.2) is 0 Å². The Morgan fingerprint density at radius 1 is 1.19 bits per heavy atom. The molecule has 4 heterocycles. The maximum absolute atomic E-state index is 6.29. The molecule has 1 atom stereocenters. The summed E-state index contributed by atoms with van der Waals surface area (Å²) in [6.07, 6.45) is 6.76. The number of pyridine rings is 1. The number of ether oxygens (including phenoxy) is 1. The summed E-state index contributed by atoms with van der Waals surface area (Å²) in [7, 11) is 1.89. The van der Waals surface area contributed by atoms with Crippen molar-refractivity contribution in [3.63, 3.8) is 0 Å². The normalized spacial score (nSPS) is 12.4. The topological polar surface area (TPSA) is 106 Å². The molecule has 0 saturated heterocycles. The maximum atomic E-state index is 6.29. The van der Waals surface area contributed by atoms with Crippen molar-refractivity contribution in [3.05, 3.63) is 54.7 Å². The van der Waals surface area contributed by atoms with Crippen molar-refractivity contribution in [1.82, 2.24) is 34.9 Å². The first-order valence-electron chi connectivity index (χ1n) is 10.1. The van der Waals surface area contributed by atoms with Crippen LogP contribution in [0.2, 0.25) is 0 Å². The Kier molecular flexibility index (Phi) is 4.70. The average molecular weight is 414 g/mol. The predicted molar refractivity (Wildman–Crippen MR) is 119 cm³/mol. The number of aromatic nitrogens is 7. The number of hydrogen-bond acceptors (Lipinski definition) is 7. The summed E-state index contributed by atoms with van der Waals surface area (Å²) < 4.78 is 8.05. The first-order chi connectivity index (χ1) is 15.1. The van der Waals surface area contributed by atoms with E-state index in [2.05, 4.69) is 30.6 Å². The predicted octanol–water partition coefficient (Wildman–Crippen LogP) is 3.87. The largest absolute Gasteiger partial charge is 0.484 e. The van der Waals surface area contributed by atoms with Gasteiger partial charge in [-0.25, -0.2) is 4.98 Å². The van der Waals surface area contributed by atoms with Crippen LogP contribution in [0.4, 0.5) is 5.82 Å². The third-order valence-corrected chi connectivity index (χ3v) is 5.05. The van der Waals surface area contributed by atoms with Crippen LogP contribution >= 0.6 is 0 Å². The standard InChI is InChI=1S/C22H22N8O/c1-4-23-19-10-18-22(25-8-7-24-18)20(27-19)13(2)31-15-5-6-17-16(9-15)21(29-28-17)14-11-26-30(3)12-14/h5-13H,4H2,1-3H3,(H,23,27)(H,28,29)/t13-/m1/s1. The van der Waals surface area contributed by atoms with Crippen molar-refractivity contribution >= 4 is 27.8 Å². The smallest absolute Gasteiger partial charge is 0.140 e. The number of rotatable bonds is 6. The van der Waals surface area contributed by atoms with Crippen molar-refractivity contribution in [3.8, 4) is 17.0 Å². The summed E-state index contributed by atoms with van der Waals surface area (Å²) in [5.41, 5.74) is 4.97. The van der Waals surface area contributed by atoms with E-state index < -0.39 is 0 Å². The number of aryl methyl sites for hydroxylation is 1. The molecule has 0 fully saturated rings. The quantitative estimate of drug-likeness (QED) is 0.434. The van der Waals surface area contributed by atoms with E-state index in [4.69, 9.17) is 9.72 Å². The van der Waals surface area contributed by atoms with Gasteiger partial charge in [0.2, 0.25) is 0 Å². The molecule has 2 N–H and O–H groups in total. The van der Waals surface area contributed by atoms with Gasteiger partial charge < -0.3 is 10.1 Å². The van der Waals surface area contributed by atoms with Gasteiger partial charge in [0.25, 0.3) is 0 Å².